The number of phenolic OH excluding ortho intramolecular Hbond substituents is 1. The van der Waals surface area contributed by atoms with E-state index < -0.39 is 15.9 Å². The Bertz CT molecular complexity index is 437. The van der Waals surface area contributed by atoms with Crippen molar-refractivity contribution >= 4 is 9.84 Å². The first-order valence-electron chi connectivity index (χ1n) is 4.11. The molecule has 0 unspecified atom stereocenters. The highest BCUT2D eigenvalue weighted by molar-refractivity contribution is 7.90. The first-order chi connectivity index (χ1) is 6.32. The molecule has 0 fully saturated rings. The monoisotopic (exact) mass is 215 g/mol. The van der Waals surface area contributed by atoms with E-state index in [0.29, 0.717) is 5.56 Å². The molecule has 0 saturated heterocycles. The molecule has 3 N–H and O–H groups in total. The molecule has 0 aromatic heterocycles. The maximum atomic E-state index is 11.2. The molecule has 0 spiro atoms. The fraction of sp³-hybridized carbons (Fsp3) is 0.333. The van der Waals surface area contributed by atoms with E-state index in [1.807, 2.05) is 0 Å². The minimum atomic E-state index is -3.24. The second-order valence-corrected chi connectivity index (χ2v) is 5.30. The van der Waals surface area contributed by atoms with Gasteiger partial charge in [-0.3, -0.25) is 0 Å². The van der Waals surface area contributed by atoms with E-state index in [1.54, 1.807) is 6.92 Å². The molecule has 1 atom stereocenters. The van der Waals surface area contributed by atoms with Crippen LogP contribution < -0.4 is 5.73 Å². The van der Waals surface area contributed by atoms with Crippen molar-refractivity contribution in [1.29, 1.82) is 0 Å². The van der Waals surface area contributed by atoms with Gasteiger partial charge in [0, 0.05) is 17.9 Å². The summed E-state index contributed by atoms with van der Waals surface area (Å²) in [6.07, 6.45) is 1.12. The Labute approximate surface area is 83.3 Å². The topological polar surface area (TPSA) is 80.4 Å². The Morgan fingerprint density at radius 2 is 2.00 bits per heavy atom. The Hall–Kier alpha value is -1.07. The molecule has 0 aliphatic rings. The van der Waals surface area contributed by atoms with Gasteiger partial charge in [-0.15, -0.1) is 0 Å². The molecular weight excluding hydrogens is 202 g/mol. The number of hydrogen-bond donors (Lipinski definition) is 2. The van der Waals surface area contributed by atoms with Crippen LogP contribution in [0.1, 0.15) is 18.5 Å². The van der Waals surface area contributed by atoms with Crippen molar-refractivity contribution in [3.63, 3.8) is 0 Å². The lowest BCUT2D eigenvalue weighted by Crippen LogP contribution is -2.07. The quantitative estimate of drug-likeness (QED) is 0.765. The van der Waals surface area contributed by atoms with E-state index in [1.165, 1.54) is 18.2 Å². The maximum absolute atomic E-state index is 11.2. The zero-order valence-electron chi connectivity index (χ0n) is 8.06. The van der Waals surface area contributed by atoms with Gasteiger partial charge in [-0.1, -0.05) is 0 Å². The van der Waals surface area contributed by atoms with Crippen molar-refractivity contribution in [2.45, 2.75) is 17.9 Å². The molecule has 0 bridgehead atoms. The number of hydrogen-bond acceptors (Lipinski definition) is 4. The summed E-state index contributed by atoms with van der Waals surface area (Å²) in [7, 11) is -3.24. The van der Waals surface area contributed by atoms with Crippen LogP contribution in [-0.2, 0) is 9.84 Å². The molecule has 1 aromatic carbocycles. The van der Waals surface area contributed by atoms with E-state index in [2.05, 4.69) is 0 Å². The van der Waals surface area contributed by atoms with Crippen LogP contribution in [0.2, 0.25) is 0 Å². The van der Waals surface area contributed by atoms with Crippen LogP contribution in [0, 0.1) is 0 Å². The van der Waals surface area contributed by atoms with Gasteiger partial charge in [0.2, 0.25) is 0 Å². The third-order valence-corrected chi connectivity index (χ3v) is 3.03. The third-order valence-electron chi connectivity index (χ3n) is 1.92. The zero-order valence-corrected chi connectivity index (χ0v) is 8.88. The first kappa shape index (κ1) is 11.0. The Morgan fingerprint density at radius 1 is 1.43 bits per heavy atom. The smallest absolute Gasteiger partial charge is 0.175 e. The van der Waals surface area contributed by atoms with Crippen LogP contribution in [0.25, 0.3) is 0 Å². The highest BCUT2D eigenvalue weighted by Gasteiger charge is 2.12. The number of aromatic hydroxyl groups is 1. The fourth-order valence-corrected chi connectivity index (χ4v) is 1.78. The molecule has 0 amide bonds. The van der Waals surface area contributed by atoms with E-state index in [4.69, 9.17) is 5.73 Å². The summed E-state index contributed by atoms with van der Waals surface area (Å²) >= 11 is 0. The van der Waals surface area contributed by atoms with Gasteiger partial charge in [-0.25, -0.2) is 8.42 Å². The minimum absolute atomic E-state index is 0.0207. The van der Waals surface area contributed by atoms with Gasteiger partial charge in [-0.2, -0.15) is 0 Å². The molecule has 0 aliphatic carbocycles. The molecular formula is C9H13NO3S. The lowest BCUT2D eigenvalue weighted by Gasteiger charge is -2.09. The molecule has 4 nitrogen and oxygen atoms in total. The largest absolute Gasteiger partial charge is 0.508 e. The summed E-state index contributed by atoms with van der Waals surface area (Å²) in [6.45, 7) is 1.68. The van der Waals surface area contributed by atoms with Crippen molar-refractivity contribution < 1.29 is 13.5 Å². The second kappa shape index (κ2) is 3.59. The number of nitrogens with two attached hydrogens (primary N) is 1. The number of phenols is 1. The van der Waals surface area contributed by atoms with Gasteiger partial charge in [0.15, 0.2) is 9.84 Å². The normalized spacial score (nSPS) is 13.9. The van der Waals surface area contributed by atoms with Crippen molar-refractivity contribution in [2.75, 3.05) is 6.26 Å². The Balaban J connectivity index is 3.34. The van der Waals surface area contributed by atoms with Crippen LogP contribution in [0.4, 0.5) is 0 Å². The van der Waals surface area contributed by atoms with E-state index in [9.17, 15) is 13.5 Å². The summed E-state index contributed by atoms with van der Waals surface area (Å²) in [4.78, 5) is 0.169. The lowest BCUT2D eigenvalue weighted by atomic mass is 10.1. The number of rotatable bonds is 2. The van der Waals surface area contributed by atoms with Crippen molar-refractivity contribution in [1.82, 2.24) is 0 Å². The summed E-state index contributed by atoms with van der Waals surface area (Å²) in [5.41, 5.74) is 6.01. The molecule has 14 heavy (non-hydrogen) atoms. The van der Waals surface area contributed by atoms with Crippen LogP contribution in [0.5, 0.6) is 5.75 Å². The first-order valence-corrected chi connectivity index (χ1v) is 6.00. The summed E-state index contributed by atoms with van der Waals surface area (Å²) in [5, 5.41) is 9.40. The highest BCUT2D eigenvalue weighted by atomic mass is 32.2. The molecule has 5 heteroatoms. The Kier molecular flexibility index (Phi) is 2.82. The molecule has 0 heterocycles. The fourth-order valence-electron chi connectivity index (χ4n) is 1.13. The molecule has 0 radical (unpaired) electrons. The average molecular weight is 215 g/mol. The maximum Gasteiger partial charge on any atom is 0.175 e. The number of benzene rings is 1. The predicted octanol–water partition coefficient (Wildman–Crippen LogP) is 0.815. The van der Waals surface area contributed by atoms with Gasteiger partial charge >= 0.3 is 0 Å². The van der Waals surface area contributed by atoms with Crippen molar-refractivity contribution in [2.24, 2.45) is 5.73 Å². The SMILES string of the molecule is C[C@H](N)c1cc(S(C)(=O)=O)ccc1O. The van der Waals surface area contributed by atoms with Gasteiger partial charge < -0.3 is 10.8 Å². The molecule has 78 valence electrons. The predicted molar refractivity (Wildman–Crippen MR) is 53.8 cm³/mol. The summed E-state index contributed by atoms with van der Waals surface area (Å²) in [5.74, 6) is 0.0207. The summed E-state index contributed by atoms with van der Waals surface area (Å²) in [6, 6.07) is 3.71. The molecule has 1 rings (SSSR count). The van der Waals surface area contributed by atoms with Gasteiger partial charge in [0.25, 0.3) is 0 Å². The molecule has 0 saturated carbocycles. The van der Waals surface area contributed by atoms with Gasteiger partial charge in [-0.05, 0) is 25.1 Å². The van der Waals surface area contributed by atoms with Crippen molar-refractivity contribution in [3.05, 3.63) is 23.8 Å². The average Bonchev–Trinajstić information content (AvgIpc) is 2.02. The van der Waals surface area contributed by atoms with Crippen LogP contribution in [0.3, 0.4) is 0 Å². The van der Waals surface area contributed by atoms with Crippen LogP contribution in [-0.4, -0.2) is 19.8 Å². The third kappa shape index (κ3) is 2.24. The summed E-state index contributed by atoms with van der Waals surface area (Å²) < 4.78 is 22.4. The number of sulfone groups is 1. The van der Waals surface area contributed by atoms with Crippen LogP contribution >= 0.6 is 0 Å². The standard InChI is InChI=1S/C9H13NO3S/c1-6(10)8-5-7(14(2,12)13)3-4-9(8)11/h3-6,11H,10H2,1-2H3/t6-/m0/s1. The minimum Gasteiger partial charge on any atom is -0.508 e. The zero-order chi connectivity index (χ0) is 10.9. The highest BCUT2D eigenvalue weighted by Crippen LogP contribution is 2.25. The van der Waals surface area contributed by atoms with E-state index >= 15 is 0 Å². The van der Waals surface area contributed by atoms with E-state index in [-0.39, 0.29) is 10.6 Å². The van der Waals surface area contributed by atoms with Crippen molar-refractivity contribution in [3.8, 4) is 5.75 Å². The van der Waals surface area contributed by atoms with Gasteiger partial charge in [0.1, 0.15) is 5.75 Å². The lowest BCUT2D eigenvalue weighted by molar-refractivity contribution is 0.463. The Morgan fingerprint density at radius 3 is 2.43 bits per heavy atom. The van der Waals surface area contributed by atoms with Crippen LogP contribution in [0.15, 0.2) is 23.1 Å². The van der Waals surface area contributed by atoms with Gasteiger partial charge in [0.05, 0.1) is 4.90 Å². The second-order valence-electron chi connectivity index (χ2n) is 3.28. The van der Waals surface area contributed by atoms with E-state index in [0.717, 1.165) is 6.26 Å². The molecule has 0 aliphatic heterocycles. The molecule has 1 aromatic rings.